The van der Waals surface area contributed by atoms with Crippen molar-refractivity contribution in [1.29, 1.82) is 0 Å². The first-order chi connectivity index (χ1) is 16.8. The number of nitrogens with one attached hydrogen (secondary N) is 1. The number of hydrogen-bond acceptors (Lipinski definition) is 7. The molecule has 7 nitrogen and oxygen atoms in total. The van der Waals surface area contributed by atoms with Crippen molar-refractivity contribution in [3.05, 3.63) is 78.4 Å². The number of rotatable bonds is 7. The topological polar surface area (TPSA) is 62.8 Å². The van der Waals surface area contributed by atoms with Crippen LogP contribution in [-0.4, -0.2) is 50.4 Å². The zero-order chi connectivity index (χ0) is 23.3. The second-order valence-corrected chi connectivity index (χ2v) is 8.20. The van der Waals surface area contributed by atoms with Crippen LogP contribution in [0.5, 0.6) is 11.5 Å². The minimum absolute atomic E-state index is 0.617. The van der Waals surface area contributed by atoms with Gasteiger partial charge in [0, 0.05) is 43.7 Å². The van der Waals surface area contributed by atoms with Crippen molar-refractivity contribution in [3.63, 3.8) is 0 Å². The van der Waals surface area contributed by atoms with Crippen molar-refractivity contribution in [3.8, 4) is 11.5 Å². The van der Waals surface area contributed by atoms with E-state index < -0.39 is 0 Å². The van der Waals surface area contributed by atoms with E-state index in [1.54, 1.807) is 14.2 Å². The van der Waals surface area contributed by atoms with Gasteiger partial charge >= 0.3 is 0 Å². The van der Waals surface area contributed by atoms with Gasteiger partial charge in [0.05, 0.1) is 25.4 Å². The van der Waals surface area contributed by atoms with Crippen LogP contribution < -0.4 is 24.6 Å². The minimum atomic E-state index is 0.617. The summed E-state index contributed by atoms with van der Waals surface area (Å²) in [4.78, 5) is 14.4. The fourth-order valence-corrected chi connectivity index (χ4v) is 4.41. The van der Waals surface area contributed by atoms with Gasteiger partial charge in [0.15, 0.2) is 0 Å². The van der Waals surface area contributed by atoms with Crippen LogP contribution in [0.25, 0.3) is 10.9 Å². The van der Waals surface area contributed by atoms with Crippen LogP contribution in [0, 0.1) is 0 Å². The molecule has 0 radical (unpaired) electrons. The Morgan fingerprint density at radius 2 is 1.38 bits per heavy atom. The molecular formula is C27H29N5O2. The summed E-state index contributed by atoms with van der Waals surface area (Å²) in [5.41, 5.74) is 3.14. The molecule has 0 aliphatic carbocycles. The lowest BCUT2D eigenvalue weighted by atomic mass is 10.2. The Hall–Kier alpha value is -4.00. The molecule has 0 atom stereocenters. The Morgan fingerprint density at radius 3 is 2.18 bits per heavy atom. The number of aromatic nitrogens is 2. The van der Waals surface area contributed by atoms with Crippen LogP contribution in [-0.2, 0) is 6.54 Å². The molecule has 34 heavy (non-hydrogen) atoms. The maximum Gasteiger partial charge on any atom is 0.228 e. The molecule has 0 spiro atoms. The summed E-state index contributed by atoms with van der Waals surface area (Å²) < 4.78 is 11.1. The molecule has 1 aliphatic heterocycles. The fraction of sp³-hybridized carbons (Fsp3) is 0.259. The van der Waals surface area contributed by atoms with Gasteiger partial charge in [-0.15, -0.1) is 0 Å². The molecule has 1 saturated heterocycles. The van der Waals surface area contributed by atoms with Gasteiger partial charge in [-0.05, 0) is 30.3 Å². The number of benzene rings is 3. The molecule has 1 N–H and O–H groups in total. The third-order valence-corrected chi connectivity index (χ3v) is 6.22. The van der Waals surface area contributed by atoms with Gasteiger partial charge < -0.3 is 24.6 Å². The summed E-state index contributed by atoms with van der Waals surface area (Å²) >= 11 is 0. The third kappa shape index (κ3) is 4.41. The van der Waals surface area contributed by atoms with Gasteiger partial charge in [-0.25, -0.2) is 4.98 Å². The van der Waals surface area contributed by atoms with Gasteiger partial charge in [-0.3, -0.25) is 0 Å². The van der Waals surface area contributed by atoms with E-state index in [2.05, 4.69) is 39.4 Å². The smallest absolute Gasteiger partial charge is 0.228 e. The molecule has 1 aromatic heterocycles. The predicted octanol–water partition coefficient (Wildman–Crippen LogP) is 4.59. The number of anilines is 3. The van der Waals surface area contributed by atoms with Gasteiger partial charge in [-0.2, -0.15) is 4.98 Å². The highest BCUT2D eigenvalue weighted by Crippen LogP contribution is 2.30. The second-order valence-electron chi connectivity index (χ2n) is 8.20. The summed E-state index contributed by atoms with van der Waals surface area (Å²) in [6.07, 6.45) is 0. The lowest BCUT2D eigenvalue weighted by Gasteiger charge is -2.36. The molecule has 2 heterocycles. The van der Waals surface area contributed by atoms with E-state index >= 15 is 0 Å². The third-order valence-electron chi connectivity index (χ3n) is 6.22. The molecule has 7 heteroatoms. The highest BCUT2D eigenvalue weighted by Gasteiger charge is 2.22. The number of methoxy groups -OCH3 is 2. The molecule has 1 aliphatic rings. The van der Waals surface area contributed by atoms with E-state index in [0.717, 1.165) is 71.6 Å². The van der Waals surface area contributed by atoms with E-state index in [1.165, 1.54) is 0 Å². The van der Waals surface area contributed by atoms with Gasteiger partial charge in [0.25, 0.3) is 0 Å². The van der Waals surface area contributed by atoms with Gasteiger partial charge in [-0.1, -0.05) is 42.5 Å². The zero-order valence-electron chi connectivity index (χ0n) is 19.6. The average Bonchev–Trinajstić information content (AvgIpc) is 2.91. The quantitative estimate of drug-likeness (QED) is 0.437. The summed E-state index contributed by atoms with van der Waals surface area (Å²) in [6, 6.07) is 24.3. The zero-order valence-corrected chi connectivity index (χ0v) is 19.6. The Balaban J connectivity index is 1.37. The van der Waals surface area contributed by atoms with Crippen LogP contribution >= 0.6 is 0 Å². The highest BCUT2D eigenvalue weighted by molar-refractivity contribution is 5.90. The largest absolute Gasteiger partial charge is 0.496 e. The van der Waals surface area contributed by atoms with Gasteiger partial charge in [0.2, 0.25) is 5.95 Å². The fourth-order valence-electron chi connectivity index (χ4n) is 4.41. The van der Waals surface area contributed by atoms with Crippen LogP contribution in [0.15, 0.2) is 72.8 Å². The normalized spacial score (nSPS) is 13.7. The van der Waals surface area contributed by atoms with Crippen LogP contribution in [0.4, 0.5) is 17.5 Å². The molecular weight excluding hydrogens is 426 g/mol. The van der Waals surface area contributed by atoms with E-state index in [1.807, 2.05) is 48.5 Å². The Morgan fingerprint density at radius 1 is 0.735 bits per heavy atom. The highest BCUT2D eigenvalue weighted by atomic mass is 16.5. The molecule has 0 amide bonds. The van der Waals surface area contributed by atoms with Crippen molar-refractivity contribution in [2.45, 2.75) is 6.54 Å². The molecule has 4 aromatic rings. The molecule has 0 saturated carbocycles. The van der Waals surface area contributed by atoms with Crippen LogP contribution in [0.1, 0.15) is 5.56 Å². The maximum absolute atomic E-state index is 5.56. The minimum Gasteiger partial charge on any atom is -0.496 e. The van der Waals surface area contributed by atoms with Gasteiger partial charge in [0.1, 0.15) is 17.3 Å². The lowest BCUT2D eigenvalue weighted by Crippen LogP contribution is -2.47. The van der Waals surface area contributed by atoms with E-state index in [-0.39, 0.29) is 0 Å². The molecule has 1 fully saturated rings. The van der Waals surface area contributed by atoms with Crippen molar-refractivity contribution >= 4 is 28.4 Å². The molecule has 174 valence electrons. The number of nitrogens with zero attached hydrogens (tertiary/aromatic N) is 4. The monoisotopic (exact) mass is 455 g/mol. The summed E-state index contributed by atoms with van der Waals surface area (Å²) in [5, 5.41) is 4.53. The molecule has 3 aromatic carbocycles. The van der Waals surface area contributed by atoms with E-state index in [0.29, 0.717) is 6.54 Å². The Bertz CT molecular complexity index is 1270. The Kier molecular flexibility index (Phi) is 6.33. The summed E-state index contributed by atoms with van der Waals surface area (Å²) in [7, 11) is 3.42. The molecule has 5 rings (SSSR count). The van der Waals surface area contributed by atoms with E-state index in [4.69, 9.17) is 19.4 Å². The lowest BCUT2D eigenvalue weighted by molar-refractivity contribution is 0.410. The SMILES string of the molecule is COc1ccccc1CNc1nc(N2CCN(c3ccccc3OC)CC2)nc2ccccc12. The number of hydrogen-bond donors (Lipinski definition) is 1. The summed E-state index contributed by atoms with van der Waals surface area (Å²) in [6.45, 7) is 4.04. The summed E-state index contributed by atoms with van der Waals surface area (Å²) in [5.74, 6) is 3.35. The predicted molar refractivity (Wildman–Crippen MR) is 137 cm³/mol. The standard InChI is InChI=1S/C27H29N5O2/c1-33-24-13-7-3-9-20(24)19-28-26-21-10-4-5-11-22(21)29-27(30-26)32-17-15-31(16-18-32)23-12-6-8-14-25(23)34-2/h3-14H,15-19H2,1-2H3,(H,28,29,30). The number of para-hydroxylation sites is 4. The van der Waals surface area contributed by atoms with Crippen LogP contribution in [0.3, 0.4) is 0 Å². The first-order valence-electron chi connectivity index (χ1n) is 11.5. The first kappa shape index (κ1) is 21.8. The van der Waals surface area contributed by atoms with Crippen LogP contribution in [0.2, 0.25) is 0 Å². The number of fused-ring (bicyclic) bond motifs is 1. The maximum atomic E-state index is 5.56. The molecule has 0 bridgehead atoms. The van der Waals surface area contributed by atoms with Crippen molar-refractivity contribution in [1.82, 2.24) is 9.97 Å². The van der Waals surface area contributed by atoms with Crippen molar-refractivity contribution in [2.75, 3.05) is 55.5 Å². The van der Waals surface area contributed by atoms with Crippen molar-refractivity contribution < 1.29 is 9.47 Å². The second kappa shape index (κ2) is 9.87. The Labute approximate surface area is 200 Å². The first-order valence-corrected chi connectivity index (χ1v) is 11.5. The number of piperazine rings is 1. The van der Waals surface area contributed by atoms with E-state index in [9.17, 15) is 0 Å². The number of ether oxygens (including phenoxy) is 2. The molecule has 0 unspecified atom stereocenters. The average molecular weight is 456 g/mol. The van der Waals surface area contributed by atoms with Crippen molar-refractivity contribution in [2.24, 2.45) is 0 Å².